The van der Waals surface area contributed by atoms with Crippen LogP contribution in [0.25, 0.3) is 0 Å². The Labute approximate surface area is 144 Å². The van der Waals surface area contributed by atoms with Gasteiger partial charge in [0.2, 0.25) is 0 Å². The summed E-state index contributed by atoms with van der Waals surface area (Å²) in [5.74, 6) is 0. The van der Waals surface area contributed by atoms with Crippen LogP contribution in [-0.2, 0) is 9.47 Å². The molecule has 0 spiro atoms. The lowest BCUT2D eigenvalue weighted by molar-refractivity contribution is -0.0461. The summed E-state index contributed by atoms with van der Waals surface area (Å²) in [5.41, 5.74) is -1.08. The van der Waals surface area contributed by atoms with E-state index in [0.717, 1.165) is 4.57 Å². The van der Waals surface area contributed by atoms with Crippen molar-refractivity contribution in [1.29, 1.82) is 0 Å². The van der Waals surface area contributed by atoms with Gasteiger partial charge in [0.25, 0.3) is 5.56 Å². The molecule has 0 radical (unpaired) electrons. The Kier molecular flexibility index (Phi) is 6.02. The molecule has 10 heteroatoms. The van der Waals surface area contributed by atoms with Gasteiger partial charge in [-0.3, -0.25) is 14.3 Å². The number of methoxy groups -OCH3 is 1. The highest BCUT2D eigenvalue weighted by Crippen LogP contribution is 2.30. The van der Waals surface area contributed by atoms with E-state index >= 15 is 0 Å². The fraction of sp³-hybridized carbons (Fsp3) is 0.667. The zero-order valence-electron chi connectivity index (χ0n) is 11.6. The Morgan fingerprint density at radius 1 is 1.64 bits per heavy atom. The number of hydrogen-bond acceptors (Lipinski definition) is 6. The molecule has 2 heterocycles. The molecular weight excluding hydrogens is 430 g/mol. The van der Waals surface area contributed by atoms with Gasteiger partial charge in [0.15, 0.2) is 0 Å². The molecule has 2 rings (SSSR count). The molecule has 0 bridgehead atoms. The smallest absolute Gasteiger partial charge is 0.330 e. The second kappa shape index (κ2) is 7.41. The van der Waals surface area contributed by atoms with Gasteiger partial charge in [-0.15, -0.1) is 11.6 Å². The van der Waals surface area contributed by atoms with Gasteiger partial charge in [0, 0.05) is 19.7 Å². The zero-order chi connectivity index (χ0) is 16.4. The predicted molar refractivity (Wildman–Crippen MR) is 86.4 cm³/mol. The third-order valence-corrected chi connectivity index (χ3v) is 4.36. The van der Waals surface area contributed by atoms with E-state index in [9.17, 15) is 14.7 Å². The topological polar surface area (TPSA) is 114 Å². The first-order chi connectivity index (χ1) is 10.4. The van der Waals surface area contributed by atoms with Gasteiger partial charge in [-0.25, -0.2) is 4.79 Å². The molecule has 1 aromatic heterocycles. The normalized spacial score (nSPS) is 27.8. The van der Waals surface area contributed by atoms with E-state index in [4.69, 9.17) is 26.2 Å². The van der Waals surface area contributed by atoms with Crippen LogP contribution in [0.2, 0.25) is 0 Å². The van der Waals surface area contributed by atoms with Crippen molar-refractivity contribution in [3.63, 3.8) is 0 Å². The monoisotopic (exact) mass is 446 g/mol. The molecule has 1 saturated heterocycles. The molecule has 5 atom stereocenters. The summed E-state index contributed by atoms with van der Waals surface area (Å²) < 4.78 is 11.3. The average Bonchev–Trinajstić information content (AvgIpc) is 2.82. The molecule has 1 aromatic rings. The lowest BCUT2D eigenvalue weighted by atomic mass is 10.2. The molecule has 22 heavy (non-hydrogen) atoms. The standard InChI is InChI=1S/C12H16ClIN2O6/c1-21-9(10(13)14)5-3-16(12(20)15-11(5)19)8-2-6(18)7(4-17)22-8/h3,6-10,17-18H,2,4H2,1H3,(H,15,19,20)/t6-,7+,8+,9?,10?/m0/s1. The van der Waals surface area contributed by atoms with Crippen LogP contribution in [0.4, 0.5) is 0 Å². The van der Waals surface area contributed by atoms with Crippen LogP contribution in [0, 0.1) is 0 Å². The van der Waals surface area contributed by atoms with Crippen molar-refractivity contribution in [3.8, 4) is 0 Å². The molecule has 3 N–H and O–H groups in total. The summed E-state index contributed by atoms with van der Waals surface area (Å²) in [6, 6.07) is 0. The van der Waals surface area contributed by atoms with Gasteiger partial charge in [-0.1, -0.05) is 22.6 Å². The number of nitrogens with zero attached hydrogens (tertiary/aromatic N) is 1. The molecule has 0 saturated carbocycles. The molecule has 1 aliphatic rings. The highest BCUT2D eigenvalue weighted by atomic mass is 127. The number of ether oxygens (including phenoxy) is 2. The van der Waals surface area contributed by atoms with Crippen molar-refractivity contribution in [2.45, 2.75) is 34.3 Å². The van der Waals surface area contributed by atoms with E-state index in [1.54, 1.807) is 0 Å². The molecule has 0 amide bonds. The molecule has 0 aromatic carbocycles. The Hall–Kier alpha value is -0.460. The summed E-state index contributed by atoms with van der Waals surface area (Å²) in [6.07, 6.45) is -1.70. The Morgan fingerprint density at radius 3 is 2.82 bits per heavy atom. The van der Waals surface area contributed by atoms with Crippen LogP contribution in [-0.4, -0.2) is 49.1 Å². The quantitative estimate of drug-likeness (QED) is 0.429. The molecule has 1 aliphatic heterocycles. The van der Waals surface area contributed by atoms with E-state index < -0.39 is 39.2 Å². The van der Waals surface area contributed by atoms with Crippen molar-refractivity contribution in [2.24, 2.45) is 0 Å². The lowest BCUT2D eigenvalue weighted by Gasteiger charge is -2.19. The summed E-state index contributed by atoms with van der Waals surface area (Å²) >= 11 is 7.89. The van der Waals surface area contributed by atoms with Crippen LogP contribution in [0.5, 0.6) is 0 Å². The third kappa shape index (κ3) is 3.54. The van der Waals surface area contributed by atoms with Crippen LogP contribution in [0.15, 0.2) is 15.8 Å². The summed E-state index contributed by atoms with van der Waals surface area (Å²) in [6.45, 7) is -0.360. The van der Waals surface area contributed by atoms with E-state index in [-0.39, 0.29) is 18.6 Å². The Balaban J connectivity index is 2.41. The van der Waals surface area contributed by atoms with Crippen molar-refractivity contribution in [2.75, 3.05) is 13.7 Å². The minimum absolute atomic E-state index is 0.128. The average molecular weight is 447 g/mol. The predicted octanol–water partition coefficient (Wildman–Crippen LogP) is -0.135. The van der Waals surface area contributed by atoms with Crippen molar-refractivity contribution in [1.82, 2.24) is 9.55 Å². The molecule has 0 aliphatic carbocycles. The number of aromatic amines is 1. The number of aromatic nitrogens is 2. The molecule has 2 unspecified atom stereocenters. The van der Waals surface area contributed by atoms with Crippen LogP contribution in [0.1, 0.15) is 24.3 Å². The maximum atomic E-state index is 12.0. The minimum atomic E-state index is -0.888. The first-order valence-corrected chi connectivity index (χ1v) is 8.18. The van der Waals surface area contributed by atoms with Gasteiger partial charge >= 0.3 is 5.69 Å². The third-order valence-electron chi connectivity index (χ3n) is 3.48. The number of H-pyrrole nitrogens is 1. The fourth-order valence-corrected chi connectivity index (χ4v) is 3.25. The van der Waals surface area contributed by atoms with Crippen molar-refractivity contribution >= 4 is 34.2 Å². The van der Waals surface area contributed by atoms with Gasteiger partial charge in [-0.05, 0) is 0 Å². The molecule has 124 valence electrons. The molecule has 8 nitrogen and oxygen atoms in total. The van der Waals surface area contributed by atoms with Gasteiger partial charge in [-0.2, -0.15) is 0 Å². The molecule has 1 fully saturated rings. The number of aliphatic hydroxyl groups is 2. The van der Waals surface area contributed by atoms with Crippen LogP contribution in [0.3, 0.4) is 0 Å². The van der Waals surface area contributed by atoms with Crippen LogP contribution < -0.4 is 11.2 Å². The van der Waals surface area contributed by atoms with Crippen LogP contribution >= 0.6 is 34.2 Å². The summed E-state index contributed by atoms with van der Waals surface area (Å²) in [7, 11) is 1.41. The maximum absolute atomic E-state index is 12.0. The lowest BCUT2D eigenvalue weighted by Crippen LogP contribution is -2.36. The highest BCUT2D eigenvalue weighted by molar-refractivity contribution is 14.1. The van der Waals surface area contributed by atoms with E-state index in [0.29, 0.717) is 0 Å². The number of halogens is 2. The second-order valence-electron chi connectivity index (χ2n) is 4.86. The molecular formula is C12H16ClIN2O6. The van der Waals surface area contributed by atoms with Crippen molar-refractivity contribution < 1.29 is 19.7 Å². The van der Waals surface area contributed by atoms with Gasteiger partial charge in [0.1, 0.15) is 21.8 Å². The largest absolute Gasteiger partial charge is 0.394 e. The van der Waals surface area contributed by atoms with Gasteiger partial charge < -0.3 is 19.7 Å². The summed E-state index contributed by atoms with van der Waals surface area (Å²) in [5, 5.41) is 18.9. The zero-order valence-corrected chi connectivity index (χ0v) is 14.5. The van der Waals surface area contributed by atoms with E-state index in [2.05, 4.69) is 4.98 Å². The Morgan fingerprint density at radius 2 is 2.32 bits per heavy atom. The summed E-state index contributed by atoms with van der Waals surface area (Å²) in [4.78, 5) is 26.1. The van der Waals surface area contributed by atoms with Gasteiger partial charge in [0.05, 0.1) is 18.3 Å². The maximum Gasteiger partial charge on any atom is 0.330 e. The fourth-order valence-electron chi connectivity index (χ4n) is 2.33. The van der Waals surface area contributed by atoms with Crippen molar-refractivity contribution in [3.05, 3.63) is 32.6 Å². The number of rotatable bonds is 5. The number of aliphatic hydroxyl groups excluding tert-OH is 2. The Bertz CT molecular complexity index is 633. The number of alkyl halides is 2. The number of nitrogens with one attached hydrogen (secondary N) is 1. The first kappa shape index (κ1) is 17.9. The van der Waals surface area contributed by atoms with E-state index in [1.165, 1.54) is 13.3 Å². The second-order valence-corrected chi connectivity index (χ2v) is 7.41. The number of hydrogen-bond donors (Lipinski definition) is 3. The minimum Gasteiger partial charge on any atom is -0.394 e. The SMILES string of the molecule is COC(c1cn([C@H]2C[C@H](O)[C@@H](CO)O2)c(=O)[nH]c1=O)C(Cl)I. The highest BCUT2D eigenvalue weighted by Gasteiger charge is 2.35. The van der Waals surface area contributed by atoms with E-state index in [1.807, 2.05) is 22.6 Å². The first-order valence-electron chi connectivity index (χ1n) is 6.49.